The second kappa shape index (κ2) is 5.05. The van der Waals surface area contributed by atoms with Crippen LogP contribution in [0.1, 0.15) is 10.4 Å². The molecule has 1 N–H and O–H groups in total. The maximum absolute atomic E-state index is 13.0. The van der Waals surface area contributed by atoms with E-state index in [2.05, 4.69) is 15.3 Å². The molecule has 0 unspecified atom stereocenters. The molecule has 0 saturated carbocycles. The minimum atomic E-state index is -0.745. The van der Waals surface area contributed by atoms with Crippen LogP contribution in [0, 0.1) is 11.6 Å². The summed E-state index contributed by atoms with van der Waals surface area (Å²) >= 11 is 5.69. The third-order valence-electron chi connectivity index (χ3n) is 2.08. The molecule has 0 fully saturated rings. The number of carbonyl (C=O) groups excluding carboxylic acids is 1. The molecule has 92 valence electrons. The van der Waals surface area contributed by atoms with E-state index < -0.39 is 11.6 Å². The second-order valence-electron chi connectivity index (χ2n) is 3.33. The highest BCUT2D eigenvalue weighted by molar-refractivity contribution is 6.32. The zero-order valence-corrected chi connectivity index (χ0v) is 9.58. The summed E-state index contributed by atoms with van der Waals surface area (Å²) in [5, 5.41) is 2.56. The van der Waals surface area contributed by atoms with Gasteiger partial charge in [0.25, 0.3) is 0 Å². The SMILES string of the molecule is O=Cc1c(Cl)ncnc1Nc1cc(F)cc(F)c1. The first kappa shape index (κ1) is 12.4. The van der Waals surface area contributed by atoms with Gasteiger partial charge in [0.15, 0.2) is 6.29 Å². The molecule has 2 aromatic rings. The molecule has 0 aliphatic carbocycles. The number of aldehydes is 1. The fraction of sp³-hybridized carbons (Fsp3) is 0. The maximum Gasteiger partial charge on any atom is 0.156 e. The predicted molar refractivity (Wildman–Crippen MR) is 62.1 cm³/mol. The quantitative estimate of drug-likeness (QED) is 0.687. The van der Waals surface area contributed by atoms with E-state index in [0.717, 1.165) is 24.5 Å². The van der Waals surface area contributed by atoms with Crippen LogP contribution in [-0.2, 0) is 0 Å². The zero-order chi connectivity index (χ0) is 13.1. The van der Waals surface area contributed by atoms with Crippen LogP contribution in [0.5, 0.6) is 0 Å². The van der Waals surface area contributed by atoms with Gasteiger partial charge in [-0.05, 0) is 12.1 Å². The van der Waals surface area contributed by atoms with Gasteiger partial charge in [-0.25, -0.2) is 18.7 Å². The molecule has 0 atom stereocenters. The summed E-state index contributed by atoms with van der Waals surface area (Å²) < 4.78 is 26.0. The summed E-state index contributed by atoms with van der Waals surface area (Å²) in [4.78, 5) is 18.2. The van der Waals surface area contributed by atoms with Gasteiger partial charge in [-0.15, -0.1) is 0 Å². The highest BCUT2D eigenvalue weighted by atomic mass is 35.5. The lowest BCUT2D eigenvalue weighted by Gasteiger charge is -2.08. The fourth-order valence-corrected chi connectivity index (χ4v) is 1.52. The number of aromatic nitrogens is 2. The van der Waals surface area contributed by atoms with Gasteiger partial charge in [0.1, 0.15) is 28.9 Å². The highest BCUT2D eigenvalue weighted by Crippen LogP contribution is 2.22. The molecule has 7 heteroatoms. The Kier molecular flexibility index (Phi) is 3.47. The number of anilines is 2. The third kappa shape index (κ3) is 2.60. The molecule has 2 rings (SSSR count). The van der Waals surface area contributed by atoms with E-state index in [4.69, 9.17) is 11.6 Å². The number of benzene rings is 1. The minimum Gasteiger partial charge on any atom is -0.339 e. The van der Waals surface area contributed by atoms with Gasteiger partial charge in [-0.1, -0.05) is 11.6 Å². The normalized spacial score (nSPS) is 10.2. The van der Waals surface area contributed by atoms with Crippen molar-refractivity contribution in [1.82, 2.24) is 9.97 Å². The van der Waals surface area contributed by atoms with Crippen LogP contribution in [0.3, 0.4) is 0 Å². The van der Waals surface area contributed by atoms with E-state index in [9.17, 15) is 13.6 Å². The molecule has 1 aromatic heterocycles. The molecule has 0 radical (unpaired) electrons. The Labute approximate surface area is 106 Å². The van der Waals surface area contributed by atoms with Crippen molar-refractivity contribution >= 4 is 29.4 Å². The van der Waals surface area contributed by atoms with Crippen LogP contribution in [0.2, 0.25) is 5.15 Å². The lowest BCUT2D eigenvalue weighted by Crippen LogP contribution is -2.01. The van der Waals surface area contributed by atoms with Gasteiger partial charge in [-0.2, -0.15) is 0 Å². The topological polar surface area (TPSA) is 54.9 Å². The minimum absolute atomic E-state index is 0.0174. The molecular formula is C11H6ClF2N3O. The van der Waals surface area contributed by atoms with Crippen LogP contribution < -0.4 is 5.32 Å². The van der Waals surface area contributed by atoms with E-state index in [-0.39, 0.29) is 22.2 Å². The van der Waals surface area contributed by atoms with Crippen molar-refractivity contribution in [2.24, 2.45) is 0 Å². The molecule has 18 heavy (non-hydrogen) atoms. The Balaban J connectivity index is 2.39. The Morgan fingerprint density at radius 2 is 1.83 bits per heavy atom. The van der Waals surface area contributed by atoms with Crippen LogP contribution >= 0.6 is 11.6 Å². The zero-order valence-electron chi connectivity index (χ0n) is 8.82. The number of nitrogens with one attached hydrogen (secondary N) is 1. The summed E-state index contributed by atoms with van der Waals surface area (Å²) in [6, 6.07) is 2.86. The van der Waals surface area contributed by atoms with Crippen LogP contribution in [0.15, 0.2) is 24.5 Å². The first-order valence-electron chi connectivity index (χ1n) is 4.79. The number of hydrogen-bond acceptors (Lipinski definition) is 4. The smallest absolute Gasteiger partial charge is 0.156 e. The lowest BCUT2D eigenvalue weighted by atomic mass is 10.2. The van der Waals surface area contributed by atoms with E-state index in [0.29, 0.717) is 6.29 Å². The number of hydrogen-bond donors (Lipinski definition) is 1. The molecule has 0 saturated heterocycles. The van der Waals surface area contributed by atoms with Crippen molar-refractivity contribution < 1.29 is 13.6 Å². The molecule has 0 spiro atoms. The van der Waals surface area contributed by atoms with E-state index in [1.807, 2.05) is 0 Å². The summed E-state index contributed by atoms with van der Waals surface area (Å²) in [5.74, 6) is -1.41. The molecule has 4 nitrogen and oxygen atoms in total. The third-order valence-corrected chi connectivity index (χ3v) is 2.38. The van der Waals surface area contributed by atoms with Gasteiger partial charge in [0.2, 0.25) is 0 Å². The number of rotatable bonds is 3. The average Bonchev–Trinajstić information content (AvgIpc) is 2.27. The fourth-order valence-electron chi connectivity index (χ4n) is 1.34. The maximum atomic E-state index is 13.0. The number of carbonyl (C=O) groups is 1. The van der Waals surface area contributed by atoms with Gasteiger partial charge < -0.3 is 5.32 Å². The summed E-state index contributed by atoms with van der Waals surface area (Å²) in [6.07, 6.45) is 1.59. The first-order valence-corrected chi connectivity index (χ1v) is 5.16. The monoisotopic (exact) mass is 269 g/mol. The second-order valence-corrected chi connectivity index (χ2v) is 3.69. The standard InChI is InChI=1S/C11H6ClF2N3O/c12-10-9(4-18)11(16-5-15-10)17-8-2-6(13)1-7(14)3-8/h1-5H,(H,15,16,17). The van der Waals surface area contributed by atoms with E-state index >= 15 is 0 Å². The first-order chi connectivity index (χ1) is 8.60. The molecule has 0 bridgehead atoms. The molecule has 0 amide bonds. The Morgan fingerprint density at radius 3 is 2.44 bits per heavy atom. The Morgan fingerprint density at radius 1 is 1.17 bits per heavy atom. The Bertz CT molecular complexity index is 587. The van der Waals surface area contributed by atoms with E-state index in [1.165, 1.54) is 0 Å². The van der Waals surface area contributed by atoms with Crippen molar-refractivity contribution in [2.45, 2.75) is 0 Å². The van der Waals surface area contributed by atoms with Crippen molar-refractivity contribution in [1.29, 1.82) is 0 Å². The van der Waals surface area contributed by atoms with Crippen molar-refractivity contribution in [2.75, 3.05) is 5.32 Å². The average molecular weight is 270 g/mol. The van der Waals surface area contributed by atoms with Crippen molar-refractivity contribution in [3.05, 3.63) is 46.9 Å². The predicted octanol–water partition coefficient (Wildman–Crippen LogP) is 2.96. The summed E-state index contributed by atoms with van der Waals surface area (Å²) in [6.45, 7) is 0. The Hall–Kier alpha value is -2.08. The molecule has 1 heterocycles. The van der Waals surface area contributed by atoms with Gasteiger partial charge in [-0.3, -0.25) is 4.79 Å². The summed E-state index contributed by atoms with van der Waals surface area (Å²) in [5.41, 5.74) is 0.134. The van der Waals surface area contributed by atoms with E-state index in [1.54, 1.807) is 0 Å². The van der Waals surface area contributed by atoms with Crippen LogP contribution in [-0.4, -0.2) is 16.3 Å². The van der Waals surface area contributed by atoms with Crippen molar-refractivity contribution in [3.8, 4) is 0 Å². The lowest BCUT2D eigenvalue weighted by molar-refractivity contribution is 0.112. The number of halogens is 3. The van der Waals surface area contributed by atoms with Gasteiger partial charge in [0.05, 0.1) is 5.56 Å². The highest BCUT2D eigenvalue weighted by Gasteiger charge is 2.10. The largest absolute Gasteiger partial charge is 0.339 e. The van der Waals surface area contributed by atoms with Crippen LogP contribution in [0.25, 0.3) is 0 Å². The molecule has 1 aromatic carbocycles. The van der Waals surface area contributed by atoms with Crippen molar-refractivity contribution in [3.63, 3.8) is 0 Å². The van der Waals surface area contributed by atoms with Gasteiger partial charge in [0, 0.05) is 11.8 Å². The molecule has 0 aliphatic heterocycles. The molecule has 0 aliphatic rings. The molecular weight excluding hydrogens is 264 g/mol. The van der Waals surface area contributed by atoms with Gasteiger partial charge >= 0.3 is 0 Å². The number of nitrogens with zero attached hydrogens (tertiary/aromatic N) is 2. The van der Waals surface area contributed by atoms with Crippen LogP contribution in [0.4, 0.5) is 20.3 Å². The summed E-state index contributed by atoms with van der Waals surface area (Å²) in [7, 11) is 0.